The quantitative estimate of drug-likeness (QED) is 0.675. The van der Waals surface area contributed by atoms with Crippen LogP contribution in [0.5, 0.6) is 5.75 Å². The lowest BCUT2D eigenvalue weighted by atomic mass is 10.0. The molecule has 0 saturated heterocycles. The van der Waals surface area contributed by atoms with Crippen molar-refractivity contribution in [3.8, 4) is 36.5 Å². The van der Waals surface area contributed by atoms with Gasteiger partial charge in [0.2, 0.25) is 0 Å². The van der Waals surface area contributed by atoms with Crippen LogP contribution in [-0.4, -0.2) is 6.61 Å². The second-order valence-corrected chi connectivity index (χ2v) is 2.88. The van der Waals surface area contributed by atoms with Gasteiger partial charge in [0.05, 0.1) is 0 Å². The first-order chi connectivity index (χ1) is 7.22. The van der Waals surface area contributed by atoms with Crippen molar-refractivity contribution in [1.29, 1.82) is 5.26 Å². The summed E-state index contributed by atoms with van der Waals surface area (Å²) in [4.78, 5) is 0. The molecule has 0 aliphatic heterocycles. The van der Waals surface area contributed by atoms with Gasteiger partial charge in [-0.05, 0) is 24.6 Å². The van der Waals surface area contributed by atoms with E-state index in [0.717, 1.165) is 5.56 Å². The van der Waals surface area contributed by atoms with E-state index in [-0.39, 0.29) is 6.61 Å². The van der Waals surface area contributed by atoms with Crippen LogP contribution in [0.2, 0.25) is 0 Å². The fourth-order valence-electron chi connectivity index (χ4n) is 1.19. The Morgan fingerprint density at radius 1 is 1.27 bits per heavy atom. The SMILES string of the molecule is C#Cc1cc(OCC#N)cc(C#C)c1C. The van der Waals surface area contributed by atoms with E-state index in [1.54, 1.807) is 12.1 Å². The van der Waals surface area contributed by atoms with E-state index in [4.69, 9.17) is 22.8 Å². The van der Waals surface area contributed by atoms with Crippen molar-refractivity contribution in [2.45, 2.75) is 6.92 Å². The smallest absolute Gasteiger partial charge is 0.174 e. The van der Waals surface area contributed by atoms with Gasteiger partial charge in [0, 0.05) is 11.1 Å². The molecule has 0 amide bonds. The number of hydrogen-bond acceptors (Lipinski definition) is 2. The molecule has 0 aromatic heterocycles. The minimum absolute atomic E-state index is 0.0168. The standard InChI is InChI=1S/C13H9NO/c1-4-11-8-13(15-7-6-14)9-12(5-2)10(11)3/h1-2,8-9H,7H2,3H3. The average Bonchev–Trinajstić information content (AvgIpc) is 2.27. The first-order valence-electron chi connectivity index (χ1n) is 4.30. The predicted octanol–water partition coefficient (Wildman–Crippen LogP) is 1.86. The van der Waals surface area contributed by atoms with Crippen LogP contribution in [0, 0.1) is 42.9 Å². The van der Waals surface area contributed by atoms with Crippen LogP contribution in [0.15, 0.2) is 12.1 Å². The Morgan fingerprint density at radius 3 is 2.20 bits per heavy atom. The normalized spacial score (nSPS) is 8.40. The number of terminal acetylenes is 2. The summed E-state index contributed by atoms with van der Waals surface area (Å²) >= 11 is 0. The number of nitriles is 1. The first-order valence-corrected chi connectivity index (χ1v) is 4.30. The van der Waals surface area contributed by atoms with E-state index in [9.17, 15) is 0 Å². The molecule has 0 bridgehead atoms. The lowest BCUT2D eigenvalue weighted by Crippen LogP contribution is -1.96. The summed E-state index contributed by atoms with van der Waals surface area (Å²) in [5.41, 5.74) is 2.26. The van der Waals surface area contributed by atoms with Gasteiger partial charge in [-0.2, -0.15) is 5.26 Å². The summed E-state index contributed by atoms with van der Waals surface area (Å²) in [6, 6.07) is 5.28. The zero-order valence-corrected chi connectivity index (χ0v) is 8.37. The lowest BCUT2D eigenvalue weighted by molar-refractivity contribution is 0.368. The second-order valence-electron chi connectivity index (χ2n) is 2.88. The number of hydrogen-bond donors (Lipinski definition) is 0. The highest BCUT2D eigenvalue weighted by molar-refractivity contribution is 5.54. The predicted molar refractivity (Wildman–Crippen MR) is 58.2 cm³/mol. The van der Waals surface area contributed by atoms with Crippen LogP contribution >= 0.6 is 0 Å². The van der Waals surface area contributed by atoms with Gasteiger partial charge in [-0.3, -0.25) is 0 Å². The average molecular weight is 195 g/mol. The van der Waals surface area contributed by atoms with E-state index in [1.807, 2.05) is 13.0 Å². The summed E-state index contributed by atoms with van der Waals surface area (Å²) in [6.07, 6.45) is 10.7. The number of benzene rings is 1. The Bertz CT molecular complexity index is 460. The summed E-state index contributed by atoms with van der Waals surface area (Å²) in [6.45, 7) is 1.84. The molecule has 0 spiro atoms. The molecule has 0 heterocycles. The fourth-order valence-corrected chi connectivity index (χ4v) is 1.19. The Kier molecular flexibility index (Phi) is 3.39. The molecule has 2 heteroatoms. The summed E-state index contributed by atoms with van der Waals surface area (Å²) < 4.78 is 5.14. The molecular formula is C13H9NO. The maximum atomic E-state index is 8.38. The topological polar surface area (TPSA) is 33.0 Å². The molecule has 1 aromatic carbocycles. The van der Waals surface area contributed by atoms with Crippen LogP contribution in [-0.2, 0) is 0 Å². The Labute approximate surface area is 89.5 Å². The molecule has 1 rings (SSSR count). The van der Waals surface area contributed by atoms with Gasteiger partial charge in [-0.1, -0.05) is 11.8 Å². The molecule has 15 heavy (non-hydrogen) atoms. The maximum absolute atomic E-state index is 8.38. The zero-order valence-electron chi connectivity index (χ0n) is 8.37. The van der Waals surface area contributed by atoms with E-state index in [0.29, 0.717) is 16.9 Å². The fraction of sp³-hybridized carbons (Fsp3) is 0.154. The van der Waals surface area contributed by atoms with Crippen LogP contribution < -0.4 is 4.74 Å². The van der Waals surface area contributed by atoms with E-state index in [2.05, 4.69) is 11.8 Å². The Balaban J connectivity index is 3.19. The molecule has 0 radical (unpaired) electrons. The minimum atomic E-state index is -0.0168. The van der Waals surface area contributed by atoms with Gasteiger partial charge in [0.15, 0.2) is 6.61 Å². The molecule has 0 atom stereocenters. The third-order valence-corrected chi connectivity index (χ3v) is 2.00. The van der Waals surface area contributed by atoms with Crippen molar-refractivity contribution >= 4 is 0 Å². The molecule has 72 valence electrons. The Hall–Kier alpha value is -2.37. The van der Waals surface area contributed by atoms with Gasteiger partial charge in [0.1, 0.15) is 11.8 Å². The number of nitrogens with zero attached hydrogens (tertiary/aromatic N) is 1. The highest BCUT2D eigenvalue weighted by Crippen LogP contribution is 2.21. The van der Waals surface area contributed by atoms with E-state index in [1.165, 1.54) is 0 Å². The van der Waals surface area contributed by atoms with Crippen molar-refractivity contribution in [3.63, 3.8) is 0 Å². The summed E-state index contributed by atoms with van der Waals surface area (Å²) in [5, 5.41) is 8.38. The summed E-state index contributed by atoms with van der Waals surface area (Å²) in [5.74, 6) is 5.59. The van der Waals surface area contributed by atoms with Gasteiger partial charge in [-0.25, -0.2) is 0 Å². The van der Waals surface area contributed by atoms with Gasteiger partial charge in [-0.15, -0.1) is 12.8 Å². The van der Waals surface area contributed by atoms with E-state index < -0.39 is 0 Å². The number of ether oxygens (including phenoxy) is 1. The monoisotopic (exact) mass is 195 g/mol. The minimum Gasteiger partial charge on any atom is -0.479 e. The van der Waals surface area contributed by atoms with Crippen LogP contribution in [0.25, 0.3) is 0 Å². The first kappa shape index (κ1) is 10.7. The molecular weight excluding hydrogens is 186 g/mol. The van der Waals surface area contributed by atoms with Crippen molar-refractivity contribution in [2.75, 3.05) is 6.61 Å². The summed E-state index contributed by atoms with van der Waals surface area (Å²) in [7, 11) is 0. The molecule has 0 aliphatic rings. The van der Waals surface area contributed by atoms with Crippen LogP contribution in [0.4, 0.5) is 0 Å². The lowest BCUT2D eigenvalue weighted by Gasteiger charge is -2.07. The molecule has 2 nitrogen and oxygen atoms in total. The highest BCUT2D eigenvalue weighted by Gasteiger charge is 2.04. The van der Waals surface area contributed by atoms with Crippen molar-refractivity contribution in [3.05, 3.63) is 28.8 Å². The van der Waals surface area contributed by atoms with Crippen LogP contribution in [0.1, 0.15) is 16.7 Å². The van der Waals surface area contributed by atoms with E-state index >= 15 is 0 Å². The Morgan fingerprint density at radius 2 is 1.80 bits per heavy atom. The zero-order chi connectivity index (χ0) is 11.3. The highest BCUT2D eigenvalue weighted by atomic mass is 16.5. The third-order valence-electron chi connectivity index (χ3n) is 2.00. The largest absolute Gasteiger partial charge is 0.479 e. The molecule has 0 N–H and O–H groups in total. The van der Waals surface area contributed by atoms with Gasteiger partial charge >= 0.3 is 0 Å². The van der Waals surface area contributed by atoms with Crippen molar-refractivity contribution < 1.29 is 4.74 Å². The maximum Gasteiger partial charge on any atom is 0.174 e. The molecule has 0 saturated carbocycles. The van der Waals surface area contributed by atoms with Crippen molar-refractivity contribution in [1.82, 2.24) is 0 Å². The van der Waals surface area contributed by atoms with Crippen molar-refractivity contribution in [2.24, 2.45) is 0 Å². The molecule has 0 fully saturated rings. The third kappa shape index (κ3) is 2.31. The molecule has 0 aliphatic carbocycles. The van der Waals surface area contributed by atoms with Crippen LogP contribution in [0.3, 0.4) is 0 Å². The van der Waals surface area contributed by atoms with Gasteiger partial charge in [0.25, 0.3) is 0 Å². The molecule has 0 unspecified atom stereocenters. The van der Waals surface area contributed by atoms with Gasteiger partial charge < -0.3 is 4.74 Å². The number of rotatable bonds is 2. The second kappa shape index (κ2) is 4.75. The molecule has 1 aromatic rings.